The molecule has 0 N–H and O–H groups in total. The summed E-state index contributed by atoms with van der Waals surface area (Å²) in [7, 11) is 0. The van der Waals surface area contributed by atoms with E-state index in [1.54, 1.807) is 109 Å². The molecule has 0 aliphatic heterocycles. The van der Waals surface area contributed by atoms with Crippen LogP contribution >= 0.6 is 0 Å². The highest BCUT2D eigenvalue weighted by Crippen LogP contribution is 2.60. The lowest BCUT2D eigenvalue weighted by Gasteiger charge is -2.56. The molecule has 4 rings (SSSR count). The van der Waals surface area contributed by atoms with E-state index < -0.39 is 0 Å². The highest BCUT2D eigenvalue weighted by atomic mass is 14.6. The van der Waals surface area contributed by atoms with Gasteiger partial charge in [-0.15, -0.1) is 0 Å². The Hall–Kier alpha value is 0. The first-order valence-electron chi connectivity index (χ1n) is 12.9. The van der Waals surface area contributed by atoms with Crippen molar-refractivity contribution in [1.29, 1.82) is 0 Å². The Balaban J connectivity index is 1.64. The van der Waals surface area contributed by atoms with Gasteiger partial charge in [0.05, 0.1) is 0 Å². The van der Waals surface area contributed by atoms with Gasteiger partial charge >= 0.3 is 0 Å². The second kappa shape index (κ2) is 9.47. The third kappa shape index (κ3) is 4.20. The fourth-order valence-electron chi connectivity index (χ4n) is 8.31. The van der Waals surface area contributed by atoms with E-state index in [0.717, 1.165) is 29.1 Å². The number of hydrogen-bond donors (Lipinski definition) is 0. The molecule has 0 amide bonds. The molecule has 0 aromatic rings. The standard InChI is InChI=1S/C26H46/c1-5-13-22(14-6-1)21-26(23-15-7-2-8-16-23,24-17-9-3-10-18-24)25-19-11-4-12-20-25/h22-25H,1-21H2. The fraction of sp³-hybridized carbons (Fsp3) is 1.00. The van der Waals surface area contributed by atoms with Crippen LogP contribution in [0.15, 0.2) is 0 Å². The maximum absolute atomic E-state index is 1.66. The minimum Gasteiger partial charge on any atom is -0.0533 e. The molecule has 0 heterocycles. The summed E-state index contributed by atoms with van der Waals surface area (Å²) in [5, 5.41) is 0. The molecule has 0 radical (unpaired) electrons. The van der Waals surface area contributed by atoms with E-state index >= 15 is 0 Å². The number of rotatable bonds is 5. The Morgan fingerprint density at radius 1 is 0.385 bits per heavy atom. The Kier molecular flexibility index (Phi) is 7.04. The van der Waals surface area contributed by atoms with E-state index in [-0.39, 0.29) is 0 Å². The van der Waals surface area contributed by atoms with Gasteiger partial charge in [0.2, 0.25) is 0 Å². The van der Waals surface area contributed by atoms with Crippen molar-refractivity contribution in [2.45, 2.75) is 135 Å². The first-order valence-corrected chi connectivity index (χ1v) is 12.9. The second-order valence-corrected chi connectivity index (χ2v) is 10.8. The van der Waals surface area contributed by atoms with Gasteiger partial charge in [0.15, 0.2) is 0 Å². The predicted molar refractivity (Wildman–Crippen MR) is 113 cm³/mol. The second-order valence-electron chi connectivity index (χ2n) is 10.8. The molecule has 0 nitrogen and oxygen atoms in total. The van der Waals surface area contributed by atoms with Crippen molar-refractivity contribution >= 4 is 0 Å². The monoisotopic (exact) mass is 358 g/mol. The van der Waals surface area contributed by atoms with Crippen molar-refractivity contribution < 1.29 is 0 Å². The van der Waals surface area contributed by atoms with Crippen LogP contribution in [-0.2, 0) is 0 Å². The predicted octanol–water partition coefficient (Wildman–Crippen LogP) is 8.68. The fourth-order valence-corrected chi connectivity index (χ4v) is 8.31. The summed E-state index contributed by atoms with van der Waals surface area (Å²) >= 11 is 0. The van der Waals surface area contributed by atoms with E-state index in [2.05, 4.69) is 0 Å². The minimum atomic E-state index is 0.767. The largest absolute Gasteiger partial charge is 0.0533 e. The van der Waals surface area contributed by atoms with Crippen LogP contribution in [0, 0.1) is 29.1 Å². The smallest absolute Gasteiger partial charge is 0.0210 e. The summed E-state index contributed by atoms with van der Waals surface area (Å²) in [5.74, 6) is 4.40. The van der Waals surface area contributed by atoms with E-state index in [9.17, 15) is 0 Å². The van der Waals surface area contributed by atoms with Crippen LogP contribution in [0.5, 0.6) is 0 Å². The first kappa shape index (κ1) is 19.3. The van der Waals surface area contributed by atoms with Crippen molar-refractivity contribution in [3.05, 3.63) is 0 Å². The van der Waals surface area contributed by atoms with Crippen LogP contribution in [-0.4, -0.2) is 0 Å². The maximum Gasteiger partial charge on any atom is -0.0210 e. The van der Waals surface area contributed by atoms with Crippen LogP contribution in [0.3, 0.4) is 0 Å². The number of hydrogen-bond acceptors (Lipinski definition) is 0. The normalized spacial score (nSPS) is 29.1. The maximum atomic E-state index is 1.66. The Morgan fingerprint density at radius 2 is 0.692 bits per heavy atom. The van der Waals surface area contributed by atoms with Gasteiger partial charge in [-0.1, -0.05) is 89.9 Å². The molecule has 0 heteroatoms. The topological polar surface area (TPSA) is 0 Å². The molecule has 4 fully saturated rings. The van der Waals surface area contributed by atoms with Crippen LogP contribution in [0.1, 0.15) is 135 Å². The van der Waals surface area contributed by atoms with E-state index in [0.29, 0.717) is 0 Å². The Labute approximate surface area is 164 Å². The molecule has 26 heavy (non-hydrogen) atoms. The van der Waals surface area contributed by atoms with Crippen LogP contribution < -0.4 is 0 Å². The van der Waals surface area contributed by atoms with Gasteiger partial charge in [0.1, 0.15) is 0 Å². The van der Waals surface area contributed by atoms with Gasteiger partial charge in [0, 0.05) is 0 Å². The van der Waals surface area contributed by atoms with Crippen LogP contribution in [0.25, 0.3) is 0 Å². The molecule has 4 aliphatic carbocycles. The summed E-state index contributed by atoms with van der Waals surface area (Å²) < 4.78 is 0. The van der Waals surface area contributed by atoms with Crippen molar-refractivity contribution in [2.75, 3.05) is 0 Å². The Bertz CT molecular complexity index is 341. The third-order valence-corrected chi connectivity index (χ3v) is 9.46. The van der Waals surface area contributed by atoms with E-state index in [1.807, 2.05) is 0 Å². The minimum absolute atomic E-state index is 0.767. The zero-order valence-electron chi connectivity index (χ0n) is 17.7. The molecule has 0 bridgehead atoms. The molecule has 0 spiro atoms. The van der Waals surface area contributed by atoms with Gasteiger partial charge in [-0.3, -0.25) is 0 Å². The van der Waals surface area contributed by atoms with E-state index in [1.165, 1.54) is 25.7 Å². The van der Waals surface area contributed by atoms with Gasteiger partial charge in [-0.25, -0.2) is 0 Å². The summed E-state index contributed by atoms with van der Waals surface area (Å²) in [6.07, 6.45) is 32.9. The molecular weight excluding hydrogens is 312 g/mol. The molecule has 4 aliphatic rings. The van der Waals surface area contributed by atoms with Crippen LogP contribution in [0.2, 0.25) is 0 Å². The molecule has 4 saturated carbocycles. The zero-order valence-corrected chi connectivity index (χ0v) is 17.7. The zero-order chi connectivity index (χ0) is 17.7. The molecule has 0 aromatic heterocycles. The summed E-state index contributed by atoms with van der Waals surface area (Å²) in [5.41, 5.74) is 0.767. The van der Waals surface area contributed by atoms with Gasteiger partial charge in [-0.05, 0) is 74.0 Å². The Morgan fingerprint density at radius 3 is 1.04 bits per heavy atom. The van der Waals surface area contributed by atoms with E-state index in [4.69, 9.17) is 0 Å². The van der Waals surface area contributed by atoms with Crippen molar-refractivity contribution in [3.8, 4) is 0 Å². The lowest BCUT2D eigenvalue weighted by atomic mass is 9.48. The van der Waals surface area contributed by atoms with Gasteiger partial charge in [-0.2, -0.15) is 0 Å². The lowest BCUT2D eigenvalue weighted by molar-refractivity contribution is -0.0700. The highest BCUT2D eigenvalue weighted by Gasteiger charge is 2.51. The average Bonchev–Trinajstić information content (AvgIpc) is 2.75. The third-order valence-electron chi connectivity index (χ3n) is 9.46. The van der Waals surface area contributed by atoms with Crippen LogP contribution in [0.4, 0.5) is 0 Å². The molecule has 0 saturated heterocycles. The molecule has 0 aromatic carbocycles. The average molecular weight is 359 g/mol. The molecule has 150 valence electrons. The summed E-state index contributed by atoms with van der Waals surface area (Å²) in [6, 6.07) is 0. The summed E-state index contributed by atoms with van der Waals surface area (Å²) in [4.78, 5) is 0. The first-order chi connectivity index (χ1) is 12.9. The molecule has 0 unspecified atom stereocenters. The van der Waals surface area contributed by atoms with Crippen molar-refractivity contribution in [2.24, 2.45) is 29.1 Å². The quantitative estimate of drug-likeness (QED) is 0.461. The SMILES string of the molecule is C1CCC(CC(C2CCCCC2)(C2CCCCC2)C2CCCCC2)CC1. The van der Waals surface area contributed by atoms with Crippen molar-refractivity contribution in [1.82, 2.24) is 0 Å². The van der Waals surface area contributed by atoms with Crippen molar-refractivity contribution in [3.63, 3.8) is 0 Å². The van der Waals surface area contributed by atoms with Gasteiger partial charge < -0.3 is 0 Å². The molecule has 0 atom stereocenters. The molecular formula is C26H46. The highest BCUT2D eigenvalue weighted by molar-refractivity contribution is 5.00. The lowest BCUT2D eigenvalue weighted by Crippen LogP contribution is -2.48. The summed E-state index contributed by atoms with van der Waals surface area (Å²) in [6.45, 7) is 0. The van der Waals surface area contributed by atoms with Gasteiger partial charge in [0.25, 0.3) is 0 Å².